The van der Waals surface area contributed by atoms with Crippen molar-refractivity contribution in [2.45, 2.75) is 132 Å². The van der Waals surface area contributed by atoms with Crippen LogP contribution in [-0.2, 0) is 18.9 Å². The third-order valence-corrected chi connectivity index (χ3v) is 8.28. The van der Waals surface area contributed by atoms with Gasteiger partial charge in [-0.2, -0.15) is 0 Å². The third-order valence-electron chi connectivity index (χ3n) is 8.28. The maximum atomic E-state index is 12.0. The first-order valence-electron chi connectivity index (χ1n) is 14.7. The quantitative estimate of drug-likeness (QED) is 0.124. The number of aliphatic hydroxyl groups excluding tert-OH is 7. The lowest BCUT2D eigenvalue weighted by Crippen LogP contribution is -2.67. The number of hydrogen-bond acceptors (Lipinski definition) is 14. The van der Waals surface area contributed by atoms with Crippen molar-refractivity contribution in [3.63, 3.8) is 0 Å². The van der Waals surface area contributed by atoms with Crippen molar-refractivity contribution in [2.24, 2.45) is 17.6 Å². The summed E-state index contributed by atoms with van der Waals surface area (Å²) < 4.78 is 22.8. The molecule has 3 fully saturated rings. The summed E-state index contributed by atoms with van der Waals surface area (Å²) in [6, 6.07) is -1.67. The third kappa shape index (κ3) is 8.49. The van der Waals surface area contributed by atoms with Crippen molar-refractivity contribution < 1.29 is 59.5 Å². The molecular formula is C27H51N3O12. The van der Waals surface area contributed by atoms with Crippen molar-refractivity contribution in [3.8, 4) is 0 Å². The van der Waals surface area contributed by atoms with Gasteiger partial charge in [-0.15, -0.1) is 0 Å². The van der Waals surface area contributed by atoms with E-state index in [1.165, 1.54) is 0 Å². The highest BCUT2D eigenvalue weighted by Gasteiger charge is 2.54. The van der Waals surface area contributed by atoms with Crippen molar-refractivity contribution >= 4 is 6.09 Å². The Labute approximate surface area is 246 Å². The Morgan fingerprint density at radius 1 is 1.02 bits per heavy atom. The minimum Gasteiger partial charge on any atom is -0.444 e. The molecule has 0 bridgehead atoms. The highest BCUT2D eigenvalue weighted by Crippen LogP contribution is 2.40. The molecule has 2 heterocycles. The van der Waals surface area contributed by atoms with Crippen LogP contribution in [0.15, 0.2) is 0 Å². The SMILES string of the molecule is CCC1OC(C2C(C)CC(NCC(O)CNC(=O)OC(C)(C)C)C(OC3OCC(O)C(N)C3O)C2O)C(O)C(O)C1O. The molecule has 0 aromatic heterocycles. The molecule has 1 saturated carbocycles. The minimum absolute atomic E-state index is 0.0118. The van der Waals surface area contributed by atoms with Crippen LogP contribution in [0.3, 0.4) is 0 Å². The average Bonchev–Trinajstić information content (AvgIpc) is 2.91. The number of nitrogens with one attached hydrogen (secondary N) is 2. The van der Waals surface area contributed by atoms with E-state index >= 15 is 0 Å². The molecule has 246 valence electrons. The summed E-state index contributed by atoms with van der Waals surface area (Å²) in [4.78, 5) is 12.0. The van der Waals surface area contributed by atoms with Crippen molar-refractivity contribution in [2.75, 3.05) is 19.7 Å². The summed E-state index contributed by atoms with van der Waals surface area (Å²) in [5, 5.41) is 80.1. The number of amides is 1. The van der Waals surface area contributed by atoms with E-state index in [-0.39, 0.29) is 25.6 Å². The standard InChI is InChI=1S/C27H51N3O12/c1-6-15-18(33)21(36)22(37)24(40-15)16-11(2)7-13(29-8-12(31)9-30-26(38)42-27(3,4)5)23(19(16)34)41-25-20(35)17(28)14(32)10-39-25/h11-25,29,31-37H,6-10,28H2,1-5H3,(H,30,38). The Morgan fingerprint density at radius 3 is 2.31 bits per heavy atom. The normalized spacial score (nSPS) is 43.9. The van der Waals surface area contributed by atoms with Gasteiger partial charge in [-0.1, -0.05) is 13.8 Å². The van der Waals surface area contributed by atoms with Crippen molar-refractivity contribution in [1.82, 2.24) is 10.6 Å². The van der Waals surface area contributed by atoms with E-state index in [9.17, 15) is 40.5 Å². The monoisotopic (exact) mass is 609 g/mol. The van der Waals surface area contributed by atoms with E-state index in [0.717, 1.165) is 0 Å². The second-order valence-electron chi connectivity index (χ2n) is 12.8. The Balaban J connectivity index is 1.76. The van der Waals surface area contributed by atoms with Gasteiger partial charge in [0, 0.05) is 25.0 Å². The molecule has 3 rings (SSSR count). The lowest BCUT2D eigenvalue weighted by molar-refractivity contribution is -0.294. The van der Waals surface area contributed by atoms with Crippen LogP contribution in [0.4, 0.5) is 4.79 Å². The first-order chi connectivity index (χ1) is 19.5. The number of carbonyl (C=O) groups is 1. The molecule has 1 aliphatic carbocycles. The maximum Gasteiger partial charge on any atom is 0.407 e. The highest BCUT2D eigenvalue weighted by molar-refractivity contribution is 5.67. The van der Waals surface area contributed by atoms with E-state index in [1.807, 2.05) is 6.92 Å². The molecule has 15 nitrogen and oxygen atoms in total. The maximum absolute atomic E-state index is 12.0. The number of aliphatic hydroxyl groups is 7. The smallest absolute Gasteiger partial charge is 0.407 e. The molecule has 15 atom stereocenters. The Kier molecular flexibility index (Phi) is 12.4. The van der Waals surface area contributed by atoms with Crippen molar-refractivity contribution in [3.05, 3.63) is 0 Å². The second kappa shape index (κ2) is 14.7. The number of nitrogens with two attached hydrogens (primary N) is 1. The fraction of sp³-hybridized carbons (Fsp3) is 0.963. The van der Waals surface area contributed by atoms with E-state index in [1.54, 1.807) is 27.7 Å². The molecule has 0 radical (unpaired) electrons. The zero-order chi connectivity index (χ0) is 31.5. The molecule has 0 aromatic carbocycles. The summed E-state index contributed by atoms with van der Waals surface area (Å²) >= 11 is 0. The van der Waals surface area contributed by atoms with Gasteiger partial charge in [0.1, 0.15) is 36.1 Å². The van der Waals surface area contributed by atoms with Crippen LogP contribution in [0, 0.1) is 11.8 Å². The van der Waals surface area contributed by atoms with Crippen LogP contribution in [0.2, 0.25) is 0 Å². The molecule has 0 aromatic rings. The predicted octanol–water partition coefficient (Wildman–Crippen LogP) is -3.10. The van der Waals surface area contributed by atoms with Gasteiger partial charge in [-0.05, 0) is 39.5 Å². The summed E-state index contributed by atoms with van der Waals surface area (Å²) in [6.45, 7) is 8.44. The summed E-state index contributed by atoms with van der Waals surface area (Å²) in [5.41, 5.74) is 5.20. The first-order valence-corrected chi connectivity index (χ1v) is 14.7. The van der Waals surface area contributed by atoms with Gasteiger partial charge < -0.3 is 71.1 Å². The first kappa shape index (κ1) is 35.3. The highest BCUT2D eigenvalue weighted by atomic mass is 16.7. The van der Waals surface area contributed by atoms with Crippen LogP contribution < -0.4 is 16.4 Å². The minimum atomic E-state index is -1.49. The lowest BCUT2D eigenvalue weighted by Gasteiger charge is -2.52. The van der Waals surface area contributed by atoms with Crippen LogP contribution in [0.25, 0.3) is 0 Å². The summed E-state index contributed by atoms with van der Waals surface area (Å²) in [6.07, 6.45) is -13.3. The number of rotatable bonds is 9. The Morgan fingerprint density at radius 2 is 1.69 bits per heavy atom. The second-order valence-corrected chi connectivity index (χ2v) is 12.8. The molecule has 0 spiro atoms. The summed E-state index contributed by atoms with van der Waals surface area (Å²) in [7, 11) is 0. The van der Waals surface area contributed by atoms with Gasteiger partial charge in [0.2, 0.25) is 0 Å². The zero-order valence-corrected chi connectivity index (χ0v) is 24.9. The molecule has 2 aliphatic heterocycles. The number of ether oxygens (including phenoxy) is 4. The predicted molar refractivity (Wildman–Crippen MR) is 147 cm³/mol. The largest absolute Gasteiger partial charge is 0.444 e. The molecule has 11 N–H and O–H groups in total. The van der Waals surface area contributed by atoms with E-state index < -0.39 is 97.0 Å². The van der Waals surface area contributed by atoms with Gasteiger partial charge >= 0.3 is 6.09 Å². The fourth-order valence-electron chi connectivity index (χ4n) is 5.98. The molecule has 3 aliphatic rings. The number of carbonyl (C=O) groups excluding carboxylic acids is 1. The van der Waals surface area contributed by atoms with Crippen LogP contribution in [-0.4, -0.2) is 147 Å². The molecule has 42 heavy (non-hydrogen) atoms. The molecule has 15 heteroatoms. The van der Waals surface area contributed by atoms with E-state index in [4.69, 9.17) is 24.7 Å². The molecule has 1 amide bonds. The van der Waals surface area contributed by atoms with Gasteiger partial charge in [-0.3, -0.25) is 0 Å². The average molecular weight is 610 g/mol. The Bertz CT molecular complexity index is 863. The van der Waals surface area contributed by atoms with E-state index in [0.29, 0.717) is 12.8 Å². The van der Waals surface area contributed by atoms with Crippen molar-refractivity contribution in [1.29, 1.82) is 0 Å². The van der Waals surface area contributed by atoms with Gasteiger partial charge in [0.25, 0.3) is 0 Å². The zero-order valence-electron chi connectivity index (χ0n) is 24.9. The van der Waals surface area contributed by atoms with Gasteiger partial charge in [0.15, 0.2) is 6.29 Å². The van der Waals surface area contributed by atoms with E-state index in [2.05, 4.69) is 10.6 Å². The van der Waals surface area contributed by atoms with Gasteiger partial charge in [0.05, 0.1) is 43.2 Å². The van der Waals surface area contributed by atoms with Gasteiger partial charge in [-0.25, -0.2) is 4.79 Å². The number of alkyl carbamates (subject to hydrolysis) is 1. The van der Waals surface area contributed by atoms with Crippen LogP contribution in [0.1, 0.15) is 47.5 Å². The van der Waals surface area contributed by atoms with Crippen LogP contribution >= 0.6 is 0 Å². The lowest BCUT2D eigenvalue weighted by atomic mass is 9.69. The Hall–Kier alpha value is -1.21. The number of hydrogen-bond donors (Lipinski definition) is 10. The summed E-state index contributed by atoms with van der Waals surface area (Å²) in [5.74, 6) is -1.08. The molecular weight excluding hydrogens is 558 g/mol. The molecule has 2 saturated heterocycles. The van der Waals surface area contributed by atoms with Crippen LogP contribution in [0.5, 0.6) is 0 Å². The molecule has 15 unspecified atom stereocenters. The fourth-order valence-corrected chi connectivity index (χ4v) is 5.98. The topological polar surface area (TPSA) is 246 Å².